The van der Waals surface area contributed by atoms with Gasteiger partial charge in [-0.3, -0.25) is 4.79 Å². The Morgan fingerprint density at radius 1 is 1.28 bits per heavy atom. The zero-order chi connectivity index (χ0) is 18.0. The Labute approximate surface area is 144 Å². The summed E-state index contributed by atoms with van der Waals surface area (Å²) in [6.07, 6.45) is 3.14. The van der Waals surface area contributed by atoms with Gasteiger partial charge in [0, 0.05) is 30.4 Å². The van der Waals surface area contributed by atoms with Crippen molar-refractivity contribution in [2.24, 2.45) is 0 Å². The second-order valence-electron chi connectivity index (χ2n) is 6.15. The molecule has 0 bridgehead atoms. The fraction of sp³-hybridized carbons (Fsp3) is 0.444. The number of rotatable bonds is 6. The van der Waals surface area contributed by atoms with Gasteiger partial charge < -0.3 is 10.0 Å². The molecule has 3 rings (SSSR count). The standard InChI is InChI=1S/C18H21F2N3O2/c1-2-8-22(9-10-24)18(25)17-13-4-3-5-16(13)23(21-17)12-6-7-14(19)15(20)11-12/h6-7,11,24H,2-5,8-10H2,1H3. The highest BCUT2D eigenvalue weighted by Crippen LogP contribution is 2.29. The van der Waals surface area contributed by atoms with E-state index in [1.165, 1.54) is 6.07 Å². The minimum Gasteiger partial charge on any atom is -0.395 e. The van der Waals surface area contributed by atoms with Crippen LogP contribution < -0.4 is 0 Å². The number of hydrogen-bond acceptors (Lipinski definition) is 3. The van der Waals surface area contributed by atoms with Gasteiger partial charge in [-0.25, -0.2) is 13.5 Å². The SMILES string of the molecule is CCCN(CCO)C(=O)c1nn(-c2ccc(F)c(F)c2)c2c1CCC2. The van der Waals surface area contributed by atoms with Crippen molar-refractivity contribution in [3.63, 3.8) is 0 Å². The van der Waals surface area contributed by atoms with Crippen molar-refractivity contribution in [2.45, 2.75) is 32.6 Å². The Bertz CT molecular complexity index is 783. The molecule has 134 valence electrons. The first-order valence-corrected chi connectivity index (χ1v) is 8.53. The number of carbonyl (C=O) groups is 1. The van der Waals surface area contributed by atoms with E-state index in [2.05, 4.69) is 5.10 Å². The van der Waals surface area contributed by atoms with E-state index >= 15 is 0 Å². The van der Waals surface area contributed by atoms with E-state index in [4.69, 9.17) is 0 Å². The zero-order valence-corrected chi connectivity index (χ0v) is 14.1. The number of halogens is 2. The van der Waals surface area contributed by atoms with Crippen LogP contribution in [0.1, 0.15) is 41.5 Å². The van der Waals surface area contributed by atoms with Crippen molar-refractivity contribution >= 4 is 5.91 Å². The lowest BCUT2D eigenvalue weighted by atomic mass is 10.1. The molecule has 1 aromatic carbocycles. The predicted molar refractivity (Wildman–Crippen MR) is 88.8 cm³/mol. The van der Waals surface area contributed by atoms with Crippen LogP contribution in [-0.4, -0.2) is 45.4 Å². The maximum absolute atomic E-state index is 13.6. The summed E-state index contributed by atoms with van der Waals surface area (Å²) < 4.78 is 28.3. The summed E-state index contributed by atoms with van der Waals surface area (Å²) in [4.78, 5) is 14.4. The van der Waals surface area contributed by atoms with E-state index in [-0.39, 0.29) is 19.1 Å². The Morgan fingerprint density at radius 2 is 2.08 bits per heavy atom. The highest BCUT2D eigenvalue weighted by molar-refractivity contribution is 5.94. The van der Waals surface area contributed by atoms with Crippen LogP contribution in [-0.2, 0) is 12.8 Å². The van der Waals surface area contributed by atoms with Crippen molar-refractivity contribution in [1.29, 1.82) is 0 Å². The lowest BCUT2D eigenvalue weighted by Crippen LogP contribution is -2.35. The van der Waals surface area contributed by atoms with Gasteiger partial charge in [-0.05, 0) is 37.8 Å². The molecule has 5 nitrogen and oxygen atoms in total. The summed E-state index contributed by atoms with van der Waals surface area (Å²) in [6, 6.07) is 3.60. The predicted octanol–water partition coefficient (Wildman–Crippen LogP) is 2.48. The minimum absolute atomic E-state index is 0.113. The molecular weight excluding hydrogens is 328 g/mol. The van der Waals surface area contributed by atoms with E-state index in [0.717, 1.165) is 49.1 Å². The number of aliphatic hydroxyl groups excluding tert-OH is 1. The van der Waals surface area contributed by atoms with E-state index in [1.54, 1.807) is 9.58 Å². The molecule has 25 heavy (non-hydrogen) atoms. The number of fused-ring (bicyclic) bond motifs is 1. The molecule has 0 spiro atoms. The third-order valence-corrected chi connectivity index (χ3v) is 4.43. The first-order valence-electron chi connectivity index (χ1n) is 8.53. The Balaban J connectivity index is 2.02. The summed E-state index contributed by atoms with van der Waals surface area (Å²) in [5.74, 6) is -2.09. The lowest BCUT2D eigenvalue weighted by molar-refractivity contribution is 0.0714. The monoisotopic (exact) mass is 349 g/mol. The third kappa shape index (κ3) is 3.28. The number of nitrogens with zero attached hydrogens (tertiary/aromatic N) is 3. The summed E-state index contributed by atoms with van der Waals surface area (Å²) in [7, 11) is 0. The highest BCUT2D eigenvalue weighted by atomic mass is 19.2. The molecule has 0 unspecified atom stereocenters. The maximum Gasteiger partial charge on any atom is 0.274 e. The fourth-order valence-electron chi connectivity index (χ4n) is 3.29. The molecule has 7 heteroatoms. The Kier molecular flexibility index (Phi) is 5.13. The molecular formula is C18H21F2N3O2. The lowest BCUT2D eigenvalue weighted by Gasteiger charge is -2.20. The third-order valence-electron chi connectivity index (χ3n) is 4.43. The Hall–Kier alpha value is -2.28. The van der Waals surface area contributed by atoms with Gasteiger partial charge in [0.05, 0.1) is 12.3 Å². The van der Waals surface area contributed by atoms with Crippen LogP contribution in [0.15, 0.2) is 18.2 Å². The smallest absolute Gasteiger partial charge is 0.274 e. The quantitative estimate of drug-likeness (QED) is 0.872. The van der Waals surface area contributed by atoms with Crippen LogP contribution in [0.2, 0.25) is 0 Å². The topological polar surface area (TPSA) is 58.4 Å². The van der Waals surface area contributed by atoms with Crippen LogP contribution in [0, 0.1) is 11.6 Å². The molecule has 1 heterocycles. The van der Waals surface area contributed by atoms with Crippen molar-refractivity contribution in [3.8, 4) is 5.69 Å². The minimum atomic E-state index is -0.944. The van der Waals surface area contributed by atoms with Crippen LogP contribution in [0.3, 0.4) is 0 Å². The molecule has 1 aromatic heterocycles. The molecule has 0 saturated carbocycles. The summed E-state index contributed by atoms with van der Waals surface area (Å²) in [5, 5.41) is 13.6. The summed E-state index contributed by atoms with van der Waals surface area (Å²) >= 11 is 0. The van der Waals surface area contributed by atoms with Gasteiger partial charge >= 0.3 is 0 Å². The number of amides is 1. The summed E-state index contributed by atoms with van der Waals surface area (Å²) in [6.45, 7) is 2.63. The first kappa shape index (κ1) is 17.5. The Morgan fingerprint density at radius 3 is 2.76 bits per heavy atom. The van der Waals surface area contributed by atoms with E-state index in [1.807, 2.05) is 6.92 Å². The highest BCUT2D eigenvalue weighted by Gasteiger charge is 2.29. The number of carbonyl (C=O) groups excluding carboxylic acids is 1. The molecule has 0 radical (unpaired) electrons. The molecule has 1 N–H and O–H groups in total. The van der Waals surface area contributed by atoms with Gasteiger partial charge in [-0.2, -0.15) is 5.10 Å². The average molecular weight is 349 g/mol. The van der Waals surface area contributed by atoms with Crippen LogP contribution in [0.25, 0.3) is 5.69 Å². The van der Waals surface area contributed by atoms with Gasteiger partial charge in [-0.1, -0.05) is 6.92 Å². The molecule has 1 aliphatic rings. The maximum atomic E-state index is 13.6. The van der Waals surface area contributed by atoms with E-state index < -0.39 is 11.6 Å². The number of benzene rings is 1. The summed E-state index contributed by atoms with van der Waals surface area (Å²) in [5.41, 5.74) is 2.49. The van der Waals surface area contributed by atoms with E-state index in [9.17, 15) is 18.7 Å². The average Bonchev–Trinajstić information content (AvgIpc) is 3.19. The van der Waals surface area contributed by atoms with Gasteiger partial charge in [-0.15, -0.1) is 0 Å². The van der Waals surface area contributed by atoms with Crippen LogP contribution in [0.4, 0.5) is 8.78 Å². The molecule has 0 fully saturated rings. The zero-order valence-electron chi connectivity index (χ0n) is 14.1. The van der Waals surface area contributed by atoms with Gasteiger partial charge in [0.1, 0.15) is 0 Å². The number of hydrogen-bond donors (Lipinski definition) is 1. The normalized spacial score (nSPS) is 13.1. The first-order chi connectivity index (χ1) is 12.1. The largest absolute Gasteiger partial charge is 0.395 e. The molecule has 2 aromatic rings. The van der Waals surface area contributed by atoms with Crippen molar-refractivity contribution in [1.82, 2.24) is 14.7 Å². The van der Waals surface area contributed by atoms with Crippen molar-refractivity contribution in [3.05, 3.63) is 46.8 Å². The molecule has 0 saturated heterocycles. The molecule has 0 atom stereocenters. The fourth-order valence-corrected chi connectivity index (χ4v) is 3.29. The second kappa shape index (κ2) is 7.31. The number of aliphatic hydroxyl groups is 1. The van der Waals surface area contributed by atoms with Crippen molar-refractivity contribution in [2.75, 3.05) is 19.7 Å². The molecule has 1 amide bonds. The van der Waals surface area contributed by atoms with Crippen LogP contribution >= 0.6 is 0 Å². The second-order valence-corrected chi connectivity index (χ2v) is 6.15. The van der Waals surface area contributed by atoms with Gasteiger partial charge in [0.2, 0.25) is 0 Å². The molecule has 1 aliphatic carbocycles. The van der Waals surface area contributed by atoms with Crippen molar-refractivity contribution < 1.29 is 18.7 Å². The number of aromatic nitrogens is 2. The van der Waals surface area contributed by atoms with E-state index in [0.29, 0.717) is 17.9 Å². The molecule has 0 aliphatic heterocycles. The van der Waals surface area contributed by atoms with Gasteiger partial charge in [0.25, 0.3) is 5.91 Å². The van der Waals surface area contributed by atoms with Gasteiger partial charge in [0.15, 0.2) is 17.3 Å². The van der Waals surface area contributed by atoms with Crippen LogP contribution in [0.5, 0.6) is 0 Å².